The van der Waals surface area contributed by atoms with Gasteiger partial charge in [0.15, 0.2) is 5.82 Å². The van der Waals surface area contributed by atoms with Crippen molar-refractivity contribution in [2.45, 2.75) is 45.1 Å². The lowest BCUT2D eigenvalue weighted by Crippen LogP contribution is -2.43. The molecular formula is C31H36FN5O3. The van der Waals surface area contributed by atoms with Gasteiger partial charge in [0.05, 0.1) is 17.5 Å². The molecule has 2 saturated heterocycles. The Labute approximate surface area is 233 Å². The van der Waals surface area contributed by atoms with Gasteiger partial charge in [-0.05, 0) is 61.7 Å². The molecule has 2 fully saturated rings. The number of rotatable bonds is 9. The number of hydrogen-bond donors (Lipinski definition) is 2. The minimum atomic E-state index is -0.582. The van der Waals surface area contributed by atoms with E-state index in [1.165, 1.54) is 0 Å². The molecule has 210 valence electrons. The fourth-order valence-electron chi connectivity index (χ4n) is 6.34. The Morgan fingerprint density at radius 1 is 1.10 bits per heavy atom. The number of benzene rings is 2. The molecule has 2 aliphatic rings. The number of anilines is 1. The lowest BCUT2D eigenvalue weighted by Gasteiger charge is -2.31. The van der Waals surface area contributed by atoms with E-state index < -0.39 is 5.82 Å². The Morgan fingerprint density at radius 2 is 1.88 bits per heavy atom. The van der Waals surface area contributed by atoms with Gasteiger partial charge in [0, 0.05) is 30.8 Å². The molecule has 2 aromatic carbocycles. The number of hydrogen-bond acceptors (Lipinski definition) is 8. The first-order valence-corrected chi connectivity index (χ1v) is 14.0. The molecule has 9 heteroatoms. The summed E-state index contributed by atoms with van der Waals surface area (Å²) in [5, 5.41) is 15.8. The second kappa shape index (κ2) is 10.4. The van der Waals surface area contributed by atoms with Crippen molar-refractivity contribution in [3.8, 4) is 23.0 Å². The van der Waals surface area contributed by atoms with E-state index in [1.807, 2.05) is 24.3 Å². The summed E-state index contributed by atoms with van der Waals surface area (Å²) in [6.07, 6.45) is 6.08. The molecule has 0 spiro atoms. The van der Waals surface area contributed by atoms with Crippen molar-refractivity contribution in [3.63, 3.8) is 0 Å². The number of fused-ring (bicyclic) bond motifs is 3. The number of nitrogens with zero attached hydrogens (tertiary/aromatic N) is 4. The third kappa shape index (κ3) is 4.92. The first kappa shape index (κ1) is 26.7. The maximum Gasteiger partial charge on any atom is 0.319 e. The van der Waals surface area contributed by atoms with Gasteiger partial charge >= 0.3 is 6.01 Å². The van der Waals surface area contributed by atoms with Crippen LogP contribution in [-0.2, 0) is 4.74 Å². The van der Waals surface area contributed by atoms with Gasteiger partial charge in [-0.2, -0.15) is 9.97 Å². The van der Waals surface area contributed by atoms with Crippen LogP contribution in [0.3, 0.4) is 0 Å². The number of pyridine rings is 1. The second-order valence-corrected chi connectivity index (χ2v) is 11.9. The average Bonchev–Trinajstić information content (AvgIpc) is 3.51. The zero-order chi connectivity index (χ0) is 27.9. The molecule has 0 aliphatic carbocycles. The van der Waals surface area contributed by atoms with E-state index in [0.29, 0.717) is 36.5 Å². The van der Waals surface area contributed by atoms with Gasteiger partial charge in [-0.3, -0.25) is 9.88 Å². The molecule has 2 aliphatic heterocycles. The summed E-state index contributed by atoms with van der Waals surface area (Å²) in [6.45, 7) is 7.92. The number of nitrogens with one attached hydrogen (secondary N) is 1. The van der Waals surface area contributed by atoms with Crippen LogP contribution in [0.5, 0.6) is 11.8 Å². The van der Waals surface area contributed by atoms with E-state index in [9.17, 15) is 5.11 Å². The van der Waals surface area contributed by atoms with Gasteiger partial charge in [-0.1, -0.05) is 38.1 Å². The summed E-state index contributed by atoms with van der Waals surface area (Å²) in [7, 11) is 1.68. The van der Waals surface area contributed by atoms with E-state index in [0.717, 1.165) is 49.5 Å². The predicted molar refractivity (Wildman–Crippen MR) is 154 cm³/mol. The van der Waals surface area contributed by atoms with Gasteiger partial charge in [-0.25, -0.2) is 4.39 Å². The van der Waals surface area contributed by atoms with Crippen LogP contribution in [-0.4, -0.2) is 70.5 Å². The number of phenols is 1. The molecule has 8 nitrogen and oxygen atoms in total. The smallest absolute Gasteiger partial charge is 0.319 e. The Kier molecular flexibility index (Phi) is 6.96. The number of aromatic hydroxyl groups is 1. The molecule has 0 unspecified atom stereocenters. The van der Waals surface area contributed by atoms with Gasteiger partial charge < -0.3 is 19.9 Å². The first-order chi connectivity index (χ1) is 19.3. The SMILES string of the molecule is COCC(C)(C)CNc1nc(OCC23CCCN2CCC3)nc2c(F)c(-c3cc(O)cc4ccccc34)ncc12. The van der Waals surface area contributed by atoms with E-state index in [4.69, 9.17) is 14.5 Å². The third-order valence-corrected chi connectivity index (χ3v) is 8.32. The molecule has 4 heterocycles. The molecule has 0 atom stereocenters. The maximum absolute atomic E-state index is 16.4. The van der Waals surface area contributed by atoms with Crippen molar-refractivity contribution in [3.05, 3.63) is 48.4 Å². The Bertz CT molecular complexity index is 1550. The molecule has 0 bridgehead atoms. The average molecular weight is 546 g/mol. The minimum absolute atomic E-state index is 0.00872. The van der Waals surface area contributed by atoms with E-state index in [-0.39, 0.29) is 33.9 Å². The van der Waals surface area contributed by atoms with Crippen molar-refractivity contribution < 1.29 is 19.0 Å². The van der Waals surface area contributed by atoms with Gasteiger partial charge in [0.1, 0.15) is 29.4 Å². The highest BCUT2D eigenvalue weighted by Crippen LogP contribution is 2.40. The van der Waals surface area contributed by atoms with Crippen LogP contribution < -0.4 is 10.1 Å². The maximum atomic E-state index is 16.4. The van der Waals surface area contributed by atoms with Crippen molar-refractivity contribution >= 4 is 27.5 Å². The van der Waals surface area contributed by atoms with E-state index in [2.05, 4.69) is 34.0 Å². The van der Waals surface area contributed by atoms with Crippen LogP contribution in [0, 0.1) is 11.2 Å². The number of phenolic OH excluding ortho intramolecular Hbond substituents is 1. The summed E-state index contributed by atoms with van der Waals surface area (Å²) in [5.41, 5.74) is 0.563. The summed E-state index contributed by atoms with van der Waals surface area (Å²) in [5.74, 6) is -0.0716. The normalized spacial score (nSPS) is 17.0. The van der Waals surface area contributed by atoms with E-state index >= 15 is 4.39 Å². The third-order valence-electron chi connectivity index (χ3n) is 8.32. The molecule has 0 amide bonds. The van der Waals surface area contributed by atoms with Crippen molar-refractivity contribution in [2.24, 2.45) is 5.41 Å². The monoisotopic (exact) mass is 545 g/mol. The topological polar surface area (TPSA) is 92.6 Å². The molecule has 2 N–H and O–H groups in total. The fraction of sp³-hybridized carbons (Fsp3) is 0.452. The summed E-state index contributed by atoms with van der Waals surface area (Å²) in [4.78, 5) is 16.3. The van der Waals surface area contributed by atoms with Crippen LogP contribution >= 0.6 is 0 Å². The Balaban J connectivity index is 1.43. The molecule has 0 radical (unpaired) electrons. The summed E-state index contributed by atoms with van der Waals surface area (Å²) in [6, 6.07) is 10.9. The largest absolute Gasteiger partial charge is 0.508 e. The lowest BCUT2D eigenvalue weighted by atomic mass is 9.95. The minimum Gasteiger partial charge on any atom is -0.508 e. The molecule has 40 heavy (non-hydrogen) atoms. The molecule has 4 aromatic rings. The quantitative estimate of drug-likeness (QED) is 0.273. The van der Waals surface area contributed by atoms with Gasteiger partial charge in [-0.15, -0.1) is 0 Å². The zero-order valence-electron chi connectivity index (χ0n) is 23.3. The lowest BCUT2D eigenvalue weighted by molar-refractivity contribution is 0.107. The Morgan fingerprint density at radius 3 is 2.65 bits per heavy atom. The van der Waals surface area contributed by atoms with Crippen LogP contribution in [0.2, 0.25) is 0 Å². The molecule has 6 rings (SSSR count). The van der Waals surface area contributed by atoms with Gasteiger partial charge in [0.25, 0.3) is 0 Å². The van der Waals surface area contributed by atoms with Crippen molar-refractivity contribution in [1.29, 1.82) is 0 Å². The molecule has 0 saturated carbocycles. The number of aromatic nitrogens is 3. The summed E-state index contributed by atoms with van der Waals surface area (Å²) < 4.78 is 28.0. The highest BCUT2D eigenvalue weighted by molar-refractivity contribution is 5.99. The first-order valence-electron chi connectivity index (χ1n) is 14.0. The number of halogens is 1. The standard InChI is InChI=1S/C31H36FN5O3/c1-30(2,18-39-3)17-34-28-24-16-33-26(23-15-21(38)14-20-8-4-5-9-22(20)23)25(32)27(24)35-29(36-28)40-19-31-10-6-12-37(31)13-7-11-31/h4-5,8-9,14-16,38H,6-7,10-13,17-19H2,1-3H3,(H,34,35,36). The molecule has 2 aromatic heterocycles. The van der Waals surface area contributed by atoms with E-state index in [1.54, 1.807) is 25.4 Å². The van der Waals surface area contributed by atoms with Crippen molar-refractivity contribution in [2.75, 3.05) is 45.3 Å². The van der Waals surface area contributed by atoms with Crippen molar-refractivity contribution in [1.82, 2.24) is 19.9 Å². The number of methoxy groups -OCH3 is 1. The highest BCUT2D eigenvalue weighted by atomic mass is 19.1. The van der Waals surface area contributed by atoms with Crippen LogP contribution in [0.25, 0.3) is 32.9 Å². The highest BCUT2D eigenvalue weighted by Gasteiger charge is 2.45. The second-order valence-electron chi connectivity index (χ2n) is 11.9. The zero-order valence-corrected chi connectivity index (χ0v) is 23.3. The van der Waals surface area contributed by atoms with Crippen LogP contribution in [0.1, 0.15) is 39.5 Å². The molecular weight excluding hydrogens is 509 g/mol. The summed E-state index contributed by atoms with van der Waals surface area (Å²) >= 11 is 0. The predicted octanol–water partition coefficient (Wildman–Crippen LogP) is 5.78. The van der Waals surface area contributed by atoms with Crippen LogP contribution in [0.15, 0.2) is 42.6 Å². The van der Waals surface area contributed by atoms with Crippen LogP contribution in [0.4, 0.5) is 10.2 Å². The fourth-order valence-corrected chi connectivity index (χ4v) is 6.34. The van der Waals surface area contributed by atoms with Gasteiger partial charge in [0.2, 0.25) is 0 Å². The number of ether oxygens (including phenoxy) is 2. The Hall–Kier alpha value is -3.56.